The lowest BCUT2D eigenvalue weighted by Gasteiger charge is -2.07. The Kier molecular flexibility index (Phi) is 5.94. The van der Waals surface area contributed by atoms with Gasteiger partial charge in [-0.25, -0.2) is 4.39 Å². The predicted molar refractivity (Wildman–Crippen MR) is 107 cm³/mol. The maximum atomic E-state index is 14.0. The highest BCUT2D eigenvalue weighted by Gasteiger charge is 2.12. The molecular weight excluding hydrogens is 388 g/mol. The lowest BCUT2D eigenvalue weighted by atomic mass is 10.2. The fourth-order valence-electron chi connectivity index (χ4n) is 2.51. The first-order chi connectivity index (χ1) is 12.9. The molecule has 0 saturated heterocycles. The second-order valence-corrected chi connectivity index (χ2v) is 6.69. The van der Waals surface area contributed by atoms with E-state index in [1.165, 1.54) is 12.1 Å². The van der Waals surface area contributed by atoms with Crippen LogP contribution in [0.2, 0.25) is 10.0 Å². The van der Waals surface area contributed by atoms with E-state index >= 15 is 0 Å². The molecule has 0 aliphatic carbocycles. The Morgan fingerprint density at radius 3 is 2.67 bits per heavy atom. The Morgan fingerprint density at radius 2 is 1.93 bits per heavy atom. The summed E-state index contributed by atoms with van der Waals surface area (Å²) in [6.45, 7) is 1.99. The maximum Gasteiger partial charge on any atom is 0.249 e. The fourth-order valence-corrected chi connectivity index (χ4v) is 2.93. The Bertz CT molecular complexity index is 994. The lowest BCUT2D eigenvalue weighted by Crippen LogP contribution is -2.10. The Balaban J connectivity index is 1.71. The van der Waals surface area contributed by atoms with Gasteiger partial charge in [0.25, 0.3) is 0 Å². The monoisotopic (exact) mass is 403 g/mol. The Labute approximate surface area is 166 Å². The number of nitrogens with zero attached hydrogens (tertiary/aromatic N) is 2. The molecule has 1 N–H and O–H groups in total. The molecule has 0 aliphatic rings. The number of benzene rings is 2. The number of anilines is 1. The van der Waals surface area contributed by atoms with Gasteiger partial charge in [-0.05, 0) is 36.8 Å². The number of amides is 1. The Hall–Kier alpha value is -2.63. The van der Waals surface area contributed by atoms with Crippen molar-refractivity contribution in [3.8, 4) is 0 Å². The molecule has 0 saturated carbocycles. The van der Waals surface area contributed by atoms with Gasteiger partial charge in [0, 0.05) is 33.4 Å². The van der Waals surface area contributed by atoms with Crippen LogP contribution in [0.15, 0.2) is 54.6 Å². The van der Waals surface area contributed by atoms with Crippen molar-refractivity contribution in [1.29, 1.82) is 0 Å². The average molecular weight is 404 g/mol. The van der Waals surface area contributed by atoms with Crippen LogP contribution in [0.25, 0.3) is 6.08 Å². The molecule has 0 unspecified atom stereocenters. The van der Waals surface area contributed by atoms with E-state index in [2.05, 4.69) is 10.4 Å². The molecule has 3 rings (SSSR count). The normalized spacial score (nSPS) is 11.1. The summed E-state index contributed by atoms with van der Waals surface area (Å²) in [5.74, 6) is -0.372. The van der Waals surface area contributed by atoms with Gasteiger partial charge in [0.15, 0.2) is 5.82 Å². The van der Waals surface area contributed by atoms with Gasteiger partial charge in [-0.2, -0.15) is 5.10 Å². The van der Waals surface area contributed by atoms with Crippen molar-refractivity contribution >= 4 is 41.0 Å². The van der Waals surface area contributed by atoms with Gasteiger partial charge >= 0.3 is 0 Å². The van der Waals surface area contributed by atoms with Gasteiger partial charge in [-0.15, -0.1) is 0 Å². The Morgan fingerprint density at radius 1 is 1.19 bits per heavy atom. The van der Waals surface area contributed by atoms with Crippen molar-refractivity contribution in [3.05, 3.63) is 87.3 Å². The van der Waals surface area contributed by atoms with Gasteiger partial charge in [-0.3, -0.25) is 9.48 Å². The first-order valence-corrected chi connectivity index (χ1v) is 8.90. The van der Waals surface area contributed by atoms with Crippen LogP contribution in [0.4, 0.5) is 10.2 Å². The molecule has 1 heterocycles. The highest BCUT2D eigenvalue weighted by Crippen LogP contribution is 2.21. The number of aryl methyl sites for hydroxylation is 1. The summed E-state index contributed by atoms with van der Waals surface area (Å²) in [5, 5.41) is 7.87. The molecule has 1 aromatic heterocycles. The van der Waals surface area contributed by atoms with E-state index in [1.54, 1.807) is 35.0 Å². The van der Waals surface area contributed by atoms with Crippen molar-refractivity contribution in [2.24, 2.45) is 0 Å². The molecular formula is C20H16Cl2FN3O. The molecule has 1 amide bonds. The van der Waals surface area contributed by atoms with E-state index in [0.29, 0.717) is 21.4 Å². The van der Waals surface area contributed by atoms with Crippen molar-refractivity contribution in [2.75, 3.05) is 5.32 Å². The molecule has 0 aliphatic heterocycles. The number of rotatable bonds is 5. The third-order valence-corrected chi connectivity index (χ3v) is 4.62. The van der Waals surface area contributed by atoms with E-state index in [0.717, 1.165) is 11.3 Å². The zero-order valence-corrected chi connectivity index (χ0v) is 15.9. The topological polar surface area (TPSA) is 46.9 Å². The van der Waals surface area contributed by atoms with Gasteiger partial charge in [-0.1, -0.05) is 47.5 Å². The number of carbonyl (C=O) groups excluding carboxylic acids is 1. The number of carbonyl (C=O) groups is 1. The largest absolute Gasteiger partial charge is 0.306 e. The lowest BCUT2D eigenvalue weighted by molar-refractivity contribution is -0.111. The van der Waals surface area contributed by atoms with Crippen LogP contribution in [-0.2, 0) is 11.3 Å². The molecule has 2 aromatic carbocycles. The van der Waals surface area contributed by atoms with Crippen LogP contribution in [0, 0.1) is 12.7 Å². The number of halogens is 3. The van der Waals surface area contributed by atoms with E-state index in [1.807, 2.05) is 25.1 Å². The van der Waals surface area contributed by atoms with E-state index in [9.17, 15) is 9.18 Å². The minimum atomic E-state index is -0.398. The molecule has 3 aromatic rings. The van der Waals surface area contributed by atoms with Crippen LogP contribution in [-0.4, -0.2) is 15.7 Å². The highest BCUT2D eigenvalue weighted by atomic mass is 35.5. The van der Waals surface area contributed by atoms with Crippen LogP contribution in [0.5, 0.6) is 0 Å². The van der Waals surface area contributed by atoms with Gasteiger partial charge in [0.1, 0.15) is 5.82 Å². The van der Waals surface area contributed by atoms with E-state index < -0.39 is 5.82 Å². The van der Waals surface area contributed by atoms with Crippen molar-refractivity contribution < 1.29 is 9.18 Å². The quantitative estimate of drug-likeness (QED) is 0.584. The molecule has 138 valence electrons. The number of hydrogen-bond donors (Lipinski definition) is 1. The van der Waals surface area contributed by atoms with Crippen LogP contribution in [0.1, 0.15) is 16.8 Å². The molecule has 0 spiro atoms. The highest BCUT2D eigenvalue weighted by molar-refractivity contribution is 6.32. The first-order valence-electron chi connectivity index (χ1n) is 8.15. The zero-order chi connectivity index (χ0) is 19.4. The van der Waals surface area contributed by atoms with Gasteiger partial charge < -0.3 is 5.32 Å². The maximum absolute atomic E-state index is 14.0. The standard InChI is InChI=1S/C20H16Cl2FN3O/c1-13-11-19(24-20(27)10-9-14-5-2-3-6-16(14)21)25-26(13)12-15-17(22)7-4-8-18(15)23/h2-11H,12H2,1H3,(H,24,25,27)/b10-9+. The van der Waals surface area contributed by atoms with Crippen LogP contribution >= 0.6 is 23.2 Å². The van der Waals surface area contributed by atoms with Crippen LogP contribution < -0.4 is 5.32 Å². The summed E-state index contributed by atoms with van der Waals surface area (Å²) in [4.78, 5) is 12.1. The molecule has 7 heteroatoms. The number of aromatic nitrogens is 2. The minimum absolute atomic E-state index is 0.169. The molecule has 0 bridgehead atoms. The summed E-state index contributed by atoms with van der Waals surface area (Å²) in [5.41, 5.74) is 1.85. The molecule has 0 fully saturated rings. The van der Waals surface area contributed by atoms with Crippen molar-refractivity contribution in [1.82, 2.24) is 9.78 Å². The molecule has 4 nitrogen and oxygen atoms in total. The summed E-state index contributed by atoms with van der Waals surface area (Å²) < 4.78 is 15.5. The third kappa shape index (κ3) is 4.76. The number of hydrogen-bond acceptors (Lipinski definition) is 2. The summed E-state index contributed by atoms with van der Waals surface area (Å²) in [6.07, 6.45) is 3.00. The number of nitrogens with one attached hydrogen (secondary N) is 1. The smallest absolute Gasteiger partial charge is 0.249 e. The summed E-state index contributed by atoms with van der Waals surface area (Å²) in [7, 11) is 0. The van der Waals surface area contributed by atoms with Gasteiger partial charge in [0.2, 0.25) is 5.91 Å². The average Bonchev–Trinajstić information content (AvgIpc) is 2.96. The molecule has 0 radical (unpaired) electrons. The third-order valence-electron chi connectivity index (χ3n) is 3.92. The zero-order valence-electron chi connectivity index (χ0n) is 14.4. The summed E-state index contributed by atoms with van der Waals surface area (Å²) in [6, 6.07) is 13.4. The second kappa shape index (κ2) is 8.37. The predicted octanol–water partition coefficient (Wildman–Crippen LogP) is 5.34. The van der Waals surface area contributed by atoms with E-state index in [-0.39, 0.29) is 12.5 Å². The second-order valence-electron chi connectivity index (χ2n) is 5.87. The molecule has 27 heavy (non-hydrogen) atoms. The SMILES string of the molecule is Cc1cc(NC(=O)/C=C/c2ccccc2Cl)nn1Cc1c(F)cccc1Cl. The van der Waals surface area contributed by atoms with Crippen LogP contribution in [0.3, 0.4) is 0 Å². The minimum Gasteiger partial charge on any atom is -0.306 e. The fraction of sp³-hybridized carbons (Fsp3) is 0.100. The summed E-state index contributed by atoms with van der Waals surface area (Å²) >= 11 is 12.1. The van der Waals surface area contributed by atoms with Crippen molar-refractivity contribution in [2.45, 2.75) is 13.5 Å². The molecule has 0 atom stereocenters. The van der Waals surface area contributed by atoms with E-state index in [4.69, 9.17) is 23.2 Å². The van der Waals surface area contributed by atoms with Gasteiger partial charge in [0.05, 0.1) is 6.54 Å². The van der Waals surface area contributed by atoms with Crippen molar-refractivity contribution in [3.63, 3.8) is 0 Å². The first kappa shape index (κ1) is 19.1.